The molecule has 0 aliphatic heterocycles. The molecule has 3 aliphatic carbocycles. The number of hydrogen-bond donors (Lipinski definition) is 1. The Morgan fingerprint density at radius 3 is 2.62 bits per heavy atom. The van der Waals surface area contributed by atoms with Crippen molar-refractivity contribution in [1.29, 1.82) is 0 Å². The predicted octanol–water partition coefficient (Wildman–Crippen LogP) is 7.15. The highest BCUT2D eigenvalue weighted by atomic mass is 16.2. The molecule has 4 rings (SSSR count). The molecule has 1 aromatic rings. The lowest BCUT2D eigenvalue weighted by molar-refractivity contribution is -0.139. The first kappa shape index (κ1) is 20.7. The summed E-state index contributed by atoms with van der Waals surface area (Å²) in [6, 6.07) is 8.15. The number of hydrogen-bond acceptors (Lipinski definition) is 1. The molecule has 2 saturated carbocycles. The number of nitrogens with one attached hydrogen (secondary N) is 1. The van der Waals surface area contributed by atoms with Gasteiger partial charge >= 0.3 is 0 Å². The Morgan fingerprint density at radius 2 is 1.90 bits per heavy atom. The summed E-state index contributed by atoms with van der Waals surface area (Å²) in [7, 11) is 0. The van der Waals surface area contributed by atoms with E-state index in [0.29, 0.717) is 11.8 Å². The van der Waals surface area contributed by atoms with Gasteiger partial charge in [-0.25, -0.2) is 0 Å². The van der Waals surface area contributed by atoms with Gasteiger partial charge in [-0.1, -0.05) is 64.0 Å². The van der Waals surface area contributed by atoms with Crippen molar-refractivity contribution in [3.8, 4) is 0 Å². The number of benzene rings is 1. The van der Waals surface area contributed by atoms with Crippen LogP contribution < -0.4 is 5.32 Å². The van der Waals surface area contributed by atoms with E-state index < -0.39 is 0 Å². The van der Waals surface area contributed by atoms with Crippen molar-refractivity contribution < 1.29 is 4.79 Å². The van der Waals surface area contributed by atoms with Crippen molar-refractivity contribution >= 4 is 11.6 Å². The third-order valence-electron chi connectivity index (χ3n) is 9.01. The molecule has 0 radical (unpaired) electrons. The lowest BCUT2D eigenvalue weighted by Gasteiger charge is -2.58. The summed E-state index contributed by atoms with van der Waals surface area (Å²) >= 11 is 0. The molecule has 3 aliphatic rings. The van der Waals surface area contributed by atoms with Gasteiger partial charge in [0.2, 0.25) is 5.91 Å². The maximum atomic E-state index is 13.6. The van der Waals surface area contributed by atoms with Crippen molar-refractivity contribution in [2.45, 2.75) is 79.6 Å². The van der Waals surface area contributed by atoms with Crippen LogP contribution in [0.1, 0.15) is 78.2 Å². The molecule has 2 heteroatoms. The summed E-state index contributed by atoms with van der Waals surface area (Å²) in [6.07, 6.45) is 11.0. The van der Waals surface area contributed by atoms with Gasteiger partial charge in [-0.05, 0) is 86.2 Å². The second-order valence-electron chi connectivity index (χ2n) is 11.0. The van der Waals surface area contributed by atoms with Crippen molar-refractivity contribution in [3.05, 3.63) is 41.5 Å². The molecule has 0 aromatic heterocycles. The Labute approximate surface area is 177 Å². The molecule has 5 atom stereocenters. The van der Waals surface area contributed by atoms with E-state index in [1.54, 1.807) is 5.57 Å². The zero-order valence-corrected chi connectivity index (χ0v) is 19.1. The van der Waals surface area contributed by atoms with Gasteiger partial charge in [0.15, 0.2) is 0 Å². The van der Waals surface area contributed by atoms with Crippen LogP contribution >= 0.6 is 0 Å². The van der Waals surface area contributed by atoms with Gasteiger partial charge in [0, 0.05) is 5.69 Å². The highest BCUT2D eigenvalue weighted by Crippen LogP contribution is 2.63. The van der Waals surface area contributed by atoms with Crippen molar-refractivity contribution in [2.24, 2.45) is 34.5 Å². The second-order valence-corrected chi connectivity index (χ2v) is 11.0. The molecule has 0 saturated heterocycles. The van der Waals surface area contributed by atoms with Crippen molar-refractivity contribution in [3.63, 3.8) is 0 Å². The number of amides is 1. The molecule has 158 valence electrons. The Morgan fingerprint density at radius 1 is 1.14 bits per heavy atom. The molecular formula is C27H39NO. The van der Waals surface area contributed by atoms with Crippen molar-refractivity contribution in [2.75, 3.05) is 5.32 Å². The Kier molecular flexibility index (Phi) is 5.42. The van der Waals surface area contributed by atoms with Crippen LogP contribution in [0.2, 0.25) is 0 Å². The lowest BCUT2D eigenvalue weighted by Crippen LogP contribution is -2.54. The smallest absolute Gasteiger partial charge is 0.230 e. The molecule has 1 amide bonds. The average molecular weight is 394 g/mol. The number of anilines is 1. The summed E-state index contributed by atoms with van der Waals surface area (Å²) in [5, 5.41) is 3.31. The number of allylic oxidation sites excluding steroid dienone is 2. The second kappa shape index (κ2) is 7.60. The highest BCUT2D eigenvalue weighted by Gasteiger charge is 2.57. The normalized spacial score (nSPS) is 36.8. The number of carbonyl (C=O) groups is 1. The van der Waals surface area contributed by atoms with Crippen LogP contribution in [0.4, 0.5) is 5.69 Å². The minimum absolute atomic E-state index is 0.232. The molecule has 0 bridgehead atoms. The molecule has 0 heterocycles. The molecule has 2 unspecified atom stereocenters. The fourth-order valence-corrected chi connectivity index (χ4v) is 7.04. The van der Waals surface area contributed by atoms with Gasteiger partial charge in [-0.2, -0.15) is 0 Å². The number of aryl methyl sites for hydroxylation is 1. The molecule has 2 fully saturated rings. The third kappa shape index (κ3) is 3.47. The third-order valence-corrected chi connectivity index (χ3v) is 9.01. The number of carbonyl (C=O) groups excluding carboxylic acids is 1. The quantitative estimate of drug-likeness (QED) is 0.543. The molecule has 2 nitrogen and oxygen atoms in total. The topological polar surface area (TPSA) is 29.1 Å². The predicted molar refractivity (Wildman–Crippen MR) is 122 cm³/mol. The molecule has 29 heavy (non-hydrogen) atoms. The van der Waals surface area contributed by atoms with Crippen molar-refractivity contribution in [1.82, 2.24) is 0 Å². The number of fused-ring (bicyclic) bond motifs is 3. The molecule has 1 aromatic carbocycles. The number of para-hydroxylation sites is 1. The number of rotatable bonds is 3. The first-order valence-electron chi connectivity index (χ1n) is 11.8. The van der Waals surface area contributed by atoms with E-state index >= 15 is 0 Å². The van der Waals surface area contributed by atoms with E-state index in [1.807, 2.05) is 18.2 Å². The Balaban J connectivity index is 1.61. The summed E-state index contributed by atoms with van der Waals surface area (Å²) in [5.74, 6) is 2.98. The molecular weight excluding hydrogens is 354 g/mol. The minimum atomic E-state index is -0.286. The van der Waals surface area contributed by atoms with Gasteiger partial charge in [0.1, 0.15) is 0 Å². The fourth-order valence-electron chi connectivity index (χ4n) is 7.04. The maximum absolute atomic E-state index is 13.6. The van der Waals surface area contributed by atoms with E-state index in [-0.39, 0.29) is 16.7 Å². The highest BCUT2D eigenvalue weighted by molar-refractivity contribution is 5.96. The van der Waals surface area contributed by atoms with E-state index in [1.165, 1.54) is 32.1 Å². The first-order chi connectivity index (χ1) is 13.8. The van der Waals surface area contributed by atoms with Crippen LogP contribution in [-0.2, 0) is 4.79 Å². The van der Waals surface area contributed by atoms with E-state index in [4.69, 9.17) is 0 Å². The van der Waals surface area contributed by atoms with Crippen LogP contribution in [0.5, 0.6) is 0 Å². The van der Waals surface area contributed by atoms with E-state index in [0.717, 1.165) is 35.9 Å². The zero-order valence-electron chi connectivity index (χ0n) is 19.1. The van der Waals surface area contributed by atoms with Gasteiger partial charge < -0.3 is 5.32 Å². The largest absolute Gasteiger partial charge is 0.325 e. The summed E-state index contributed by atoms with van der Waals surface area (Å²) in [4.78, 5) is 13.6. The Hall–Kier alpha value is -1.57. The maximum Gasteiger partial charge on any atom is 0.230 e. The SMILES string of the molecule is Cc1ccccc1NC(=O)[C@]1(C)CCC[C@@]2(C)C1CC=C1CC(C(C)C)CC[C@@H]12. The minimum Gasteiger partial charge on any atom is -0.325 e. The summed E-state index contributed by atoms with van der Waals surface area (Å²) in [5.41, 5.74) is 3.81. The lowest BCUT2D eigenvalue weighted by atomic mass is 9.46. The molecule has 0 spiro atoms. The monoisotopic (exact) mass is 393 g/mol. The summed E-state index contributed by atoms with van der Waals surface area (Å²) < 4.78 is 0. The van der Waals surface area contributed by atoms with Crippen LogP contribution in [0, 0.1) is 41.4 Å². The van der Waals surface area contributed by atoms with Crippen LogP contribution in [0.15, 0.2) is 35.9 Å². The van der Waals surface area contributed by atoms with Crippen LogP contribution in [-0.4, -0.2) is 5.91 Å². The fraction of sp³-hybridized carbons (Fsp3) is 0.667. The van der Waals surface area contributed by atoms with Gasteiger partial charge in [-0.15, -0.1) is 0 Å². The molecule has 1 N–H and O–H groups in total. The van der Waals surface area contributed by atoms with E-state index in [2.05, 4.69) is 52.1 Å². The van der Waals surface area contributed by atoms with Crippen LogP contribution in [0.25, 0.3) is 0 Å². The summed E-state index contributed by atoms with van der Waals surface area (Å²) in [6.45, 7) is 11.6. The Bertz CT molecular complexity index is 809. The van der Waals surface area contributed by atoms with Gasteiger partial charge in [0.25, 0.3) is 0 Å². The van der Waals surface area contributed by atoms with E-state index in [9.17, 15) is 4.79 Å². The van der Waals surface area contributed by atoms with Gasteiger partial charge in [0.05, 0.1) is 5.41 Å². The van der Waals surface area contributed by atoms with Crippen LogP contribution in [0.3, 0.4) is 0 Å². The standard InChI is InChI=1S/C27H39NO/c1-18(2)20-11-13-22-21(17-20)12-14-24-26(22,4)15-8-16-27(24,5)25(29)28-23-10-7-6-9-19(23)3/h6-7,9-10,12,18,20,22,24H,8,11,13-17H2,1-5H3,(H,28,29)/t20?,22-,24?,26+,27+/m0/s1. The average Bonchev–Trinajstić information content (AvgIpc) is 2.69. The first-order valence-corrected chi connectivity index (χ1v) is 11.8. The zero-order chi connectivity index (χ0) is 20.8. The van der Waals surface area contributed by atoms with Gasteiger partial charge in [-0.3, -0.25) is 4.79 Å².